The van der Waals surface area contributed by atoms with E-state index in [1.165, 1.54) is 0 Å². The van der Waals surface area contributed by atoms with Gasteiger partial charge in [-0.15, -0.1) is 5.10 Å². The van der Waals surface area contributed by atoms with Crippen LogP contribution >= 0.6 is 11.6 Å². The van der Waals surface area contributed by atoms with E-state index in [0.717, 1.165) is 5.69 Å². The maximum atomic E-state index is 11.9. The molecule has 0 saturated carbocycles. The molecule has 0 unspecified atom stereocenters. The fourth-order valence-corrected chi connectivity index (χ4v) is 2.17. The Morgan fingerprint density at radius 1 is 0.962 bits per heavy atom. The van der Waals surface area contributed by atoms with Crippen molar-refractivity contribution in [3.8, 4) is 17.4 Å². The van der Waals surface area contributed by atoms with Gasteiger partial charge in [-0.2, -0.15) is 5.10 Å². The van der Waals surface area contributed by atoms with Crippen molar-refractivity contribution in [3.63, 3.8) is 0 Å². The second kappa shape index (κ2) is 8.31. The zero-order valence-electron chi connectivity index (χ0n) is 14.0. The van der Waals surface area contributed by atoms with E-state index in [1.54, 1.807) is 54.6 Å². The topological polar surface area (TPSA) is 73.3 Å². The Morgan fingerprint density at radius 3 is 2.31 bits per heavy atom. The van der Waals surface area contributed by atoms with Gasteiger partial charge in [-0.1, -0.05) is 11.6 Å². The van der Waals surface area contributed by atoms with Gasteiger partial charge in [0.05, 0.1) is 5.69 Å². The van der Waals surface area contributed by atoms with Crippen molar-refractivity contribution in [2.75, 3.05) is 11.9 Å². The summed E-state index contributed by atoms with van der Waals surface area (Å²) in [7, 11) is 0. The van der Waals surface area contributed by atoms with Crippen molar-refractivity contribution in [3.05, 3.63) is 71.4 Å². The summed E-state index contributed by atoms with van der Waals surface area (Å²) in [4.78, 5) is 11.9. The average Bonchev–Trinajstić information content (AvgIpc) is 2.65. The quantitative estimate of drug-likeness (QED) is 0.703. The van der Waals surface area contributed by atoms with E-state index >= 15 is 0 Å². The molecule has 1 aromatic heterocycles. The van der Waals surface area contributed by atoms with Gasteiger partial charge in [0.2, 0.25) is 5.88 Å². The third-order valence-electron chi connectivity index (χ3n) is 3.32. The molecule has 0 fully saturated rings. The highest BCUT2D eigenvalue weighted by atomic mass is 35.5. The van der Waals surface area contributed by atoms with Crippen LogP contribution in [0.5, 0.6) is 17.4 Å². The number of aromatic nitrogens is 2. The van der Waals surface area contributed by atoms with E-state index < -0.39 is 0 Å². The van der Waals surface area contributed by atoms with Crippen LogP contribution in [0.2, 0.25) is 5.02 Å². The summed E-state index contributed by atoms with van der Waals surface area (Å²) in [5, 5.41) is 11.2. The van der Waals surface area contributed by atoms with Gasteiger partial charge in [0.15, 0.2) is 6.61 Å². The van der Waals surface area contributed by atoms with Gasteiger partial charge < -0.3 is 14.8 Å². The molecule has 3 aromatic rings. The Kier molecular flexibility index (Phi) is 5.66. The van der Waals surface area contributed by atoms with Crippen molar-refractivity contribution in [2.24, 2.45) is 0 Å². The van der Waals surface area contributed by atoms with Gasteiger partial charge in [0.25, 0.3) is 5.91 Å². The first-order valence-corrected chi connectivity index (χ1v) is 8.23. The molecular weight excluding hydrogens is 354 g/mol. The lowest BCUT2D eigenvalue weighted by Crippen LogP contribution is -2.20. The minimum Gasteiger partial charge on any atom is -0.484 e. The monoisotopic (exact) mass is 369 g/mol. The molecule has 1 amide bonds. The minimum atomic E-state index is -0.266. The molecule has 0 aliphatic carbocycles. The van der Waals surface area contributed by atoms with E-state index in [0.29, 0.717) is 28.1 Å². The zero-order chi connectivity index (χ0) is 18.4. The summed E-state index contributed by atoms with van der Waals surface area (Å²) in [6.45, 7) is 1.75. The molecule has 26 heavy (non-hydrogen) atoms. The van der Waals surface area contributed by atoms with Gasteiger partial charge in [-0.05, 0) is 61.5 Å². The van der Waals surface area contributed by atoms with Crippen LogP contribution in [-0.4, -0.2) is 22.7 Å². The molecule has 2 aromatic carbocycles. The number of amides is 1. The number of hydrogen-bond acceptors (Lipinski definition) is 5. The molecule has 132 valence electrons. The second-order valence-electron chi connectivity index (χ2n) is 5.43. The molecule has 0 saturated heterocycles. The zero-order valence-corrected chi connectivity index (χ0v) is 14.7. The largest absolute Gasteiger partial charge is 0.484 e. The molecular formula is C19H16ClN3O3. The highest BCUT2D eigenvalue weighted by Crippen LogP contribution is 2.21. The molecule has 0 bridgehead atoms. The van der Waals surface area contributed by atoms with Crippen LogP contribution in [0.15, 0.2) is 60.7 Å². The Labute approximate surface area is 155 Å². The summed E-state index contributed by atoms with van der Waals surface area (Å²) in [6.07, 6.45) is 0. The van der Waals surface area contributed by atoms with E-state index in [-0.39, 0.29) is 12.5 Å². The molecule has 3 rings (SSSR count). The number of aryl methyl sites for hydroxylation is 1. The Hall–Kier alpha value is -3.12. The predicted molar refractivity (Wildman–Crippen MR) is 98.9 cm³/mol. The standard InChI is InChI=1S/C19H16ClN3O3/c1-13-2-11-19(23-22-13)26-17-9-5-15(6-10-17)21-18(24)12-25-16-7-3-14(20)4-8-16/h2-11H,12H2,1H3,(H,21,24). The number of carbonyl (C=O) groups excluding carboxylic acids is 1. The molecule has 1 N–H and O–H groups in total. The van der Waals surface area contributed by atoms with Crippen molar-refractivity contribution < 1.29 is 14.3 Å². The van der Waals surface area contributed by atoms with Crippen LogP contribution in [0, 0.1) is 6.92 Å². The molecule has 0 aliphatic rings. The van der Waals surface area contributed by atoms with Crippen LogP contribution < -0.4 is 14.8 Å². The number of benzene rings is 2. The summed E-state index contributed by atoms with van der Waals surface area (Å²) >= 11 is 5.80. The number of hydrogen-bond donors (Lipinski definition) is 1. The van der Waals surface area contributed by atoms with Crippen molar-refractivity contribution in [1.29, 1.82) is 0 Å². The molecule has 1 heterocycles. The third-order valence-corrected chi connectivity index (χ3v) is 3.57. The Balaban J connectivity index is 1.50. The summed E-state index contributed by atoms with van der Waals surface area (Å²) in [5.74, 6) is 1.31. The fraction of sp³-hybridized carbons (Fsp3) is 0.105. The number of ether oxygens (including phenoxy) is 2. The smallest absolute Gasteiger partial charge is 0.262 e. The predicted octanol–water partition coefficient (Wildman–Crippen LogP) is 4.25. The summed E-state index contributed by atoms with van der Waals surface area (Å²) in [6, 6.07) is 17.3. The number of rotatable bonds is 6. The first-order chi connectivity index (χ1) is 12.6. The summed E-state index contributed by atoms with van der Waals surface area (Å²) < 4.78 is 11.0. The molecule has 6 nitrogen and oxygen atoms in total. The van der Waals surface area contributed by atoms with E-state index in [9.17, 15) is 4.79 Å². The second-order valence-corrected chi connectivity index (χ2v) is 5.87. The lowest BCUT2D eigenvalue weighted by Gasteiger charge is -2.09. The van der Waals surface area contributed by atoms with Crippen LogP contribution in [0.4, 0.5) is 5.69 Å². The number of carbonyl (C=O) groups is 1. The molecule has 0 radical (unpaired) electrons. The molecule has 0 atom stereocenters. The van der Waals surface area contributed by atoms with Crippen molar-refractivity contribution >= 4 is 23.2 Å². The van der Waals surface area contributed by atoms with Crippen LogP contribution in [0.25, 0.3) is 0 Å². The van der Waals surface area contributed by atoms with Crippen molar-refractivity contribution in [1.82, 2.24) is 10.2 Å². The van der Waals surface area contributed by atoms with Crippen LogP contribution in [0.1, 0.15) is 5.69 Å². The average molecular weight is 370 g/mol. The first kappa shape index (κ1) is 17.7. The fourth-order valence-electron chi connectivity index (χ4n) is 2.04. The minimum absolute atomic E-state index is 0.0984. The molecule has 0 spiro atoms. The van der Waals surface area contributed by atoms with E-state index in [4.69, 9.17) is 21.1 Å². The molecule has 7 heteroatoms. The van der Waals surface area contributed by atoms with Crippen LogP contribution in [-0.2, 0) is 4.79 Å². The van der Waals surface area contributed by atoms with Gasteiger partial charge >= 0.3 is 0 Å². The Morgan fingerprint density at radius 2 is 1.65 bits per heavy atom. The number of halogens is 1. The van der Waals surface area contributed by atoms with Gasteiger partial charge in [0.1, 0.15) is 11.5 Å². The highest BCUT2D eigenvalue weighted by molar-refractivity contribution is 6.30. The van der Waals surface area contributed by atoms with E-state index in [1.807, 2.05) is 13.0 Å². The lowest BCUT2D eigenvalue weighted by molar-refractivity contribution is -0.118. The first-order valence-electron chi connectivity index (χ1n) is 7.85. The van der Waals surface area contributed by atoms with Crippen LogP contribution in [0.3, 0.4) is 0 Å². The van der Waals surface area contributed by atoms with Crippen molar-refractivity contribution in [2.45, 2.75) is 6.92 Å². The SMILES string of the molecule is Cc1ccc(Oc2ccc(NC(=O)COc3ccc(Cl)cc3)cc2)nn1. The summed E-state index contributed by atoms with van der Waals surface area (Å²) in [5.41, 5.74) is 1.45. The lowest BCUT2D eigenvalue weighted by atomic mass is 10.3. The number of nitrogens with one attached hydrogen (secondary N) is 1. The highest BCUT2D eigenvalue weighted by Gasteiger charge is 2.05. The van der Waals surface area contributed by atoms with Gasteiger partial charge in [-0.3, -0.25) is 4.79 Å². The number of nitrogens with zero attached hydrogens (tertiary/aromatic N) is 2. The van der Waals surface area contributed by atoms with Gasteiger partial charge in [-0.25, -0.2) is 0 Å². The number of anilines is 1. The normalized spacial score (nSPS) is 10.2. The Bertz CT molecular complexity index is 866. The van der Waals surface area contributed by atoms with E-state index in [2.05, 4.69) is 15.5 Å². The van der Waals surface area contributed by atoms with Gasteiger partial charge in [0, 0.05) is 16.8 Å². The maximum absolute atomic E-state index is 11.9. The molecule has 0 aliphatic heterocycles. The third kappa shape index (κ3) is 5.19. The maximum Gasteiger partial charge on any atom is 0.262 e.